The van der Waals surface area contributed by atoms with E-state index in [0.717, 1.165) is 22.3 Å². The van der Waals surface area contributed by atoms with Crippen LogP contribution in [0.3, 0.4) is 0 Å². The Balaban J connectivity index is 1.55. The monoisotopic (exact) mass is 452 g/mol. The van der Waals surface area contributed by atoms with Crippen molar-refractivity contribution in [1.82, 2.24) is 10.2 Å². The second-order valence-electron chi connectivity index (χ2n) is 9.21. The molecule has 3 rings (SSSR count). The van der Waals surface area contributed by atoms with Gasteiger partial charge in [0, 0.05) is 25.4 Å². The number of hydrogen-bond donors (Lipinski definition) is 2. The number of benzene rings is 2. The largest absolute Gasteiger partial charge is 0.480 e. The van der Waals surface area contributed by atoms with Crippen molar-refractivity contribution in [1.29, 1.82) is 0 Å². The molecular formula is C26H32N2O5. The molecule has 0 spiro atoms. The lowest BCUT2D eigenvalue weighted by Crippen LogP contribution is -2.46. The Hall–Kier alpha value is -3.35. The highest BCUT2D eigenvalue weighted by Gasteiger charge is 2.31. The predicted octanol–water partition coefficient (Wildman–Crippen LogP) is 4.26. The zero-order chi connectivity index (χ0) is 24.2. The van der Waals surface area contributed by atoms with E-state index in [1.165, 1.54) is 11.8 Å². The number of likely N-dealkylation sites (N-methyl/N-ethyl adjacent to an activating group) is 1. The van der Waals surface area contributed by atoms with Crippen molar-refractivity contribution in [3.63, 3.8) is 0 Å². The Labute approximate surface area is 194 Å². The third kappa shape index (κ3) is 5.53. The number of alkyl carbamates (subject to hydrolysis) is 1. The molecule has 1 aliphatic carbocycles. The molecule has 1 aliphatic rings. The average Bonchev–Trinajstić information content (AvgIpc) is 3.10. The normalized spacial score (nSPS) is 13.6. The van der Waals surface area contributed by atoms with Gasteiger partial charge in [0.2, 0.25) is 5.91 Å². The Morgan fingerprint density at radius 2 is 1.61 bits per heavy atom. The number of fused-ring (bicyclic) bond motifs is 3. The van der Waals surface area contributed by atoms with Crippen molar-refractivity contribution in [2.75, 3.05) is 19.7 Å². The van der Waals surface area contributed by atoms with Crippen LogP contribution in [-0.4, -0.2) is 53.7 Å². The van der Waals surface area contributed by atoms with Gasteiger partial charge in [-0.3, -0.25) is 4.79 Å². The molecule has 0 saturated carbocycles. The van der Waals surface area contributed by atoms with Gasteiger partial charge in [0.15, 0.2) is 0 Å². The van der Waals surface area contributed by atoms with Gasteiger partial charge in [-0.2, -0.15) is 0 Å². The van der Waals surface area contributed by atoms with Gasteiger partial charge in [-0.15, -0.1) is 0 Å². The minimum absolute atomic E-state index is 0.0200. The van der Waals surface area contributed by atoms with Crippen LogP contribution in [0, 0.1) is 5.41 Å². The third-order valence-corrected chi connectivity index (χ3v) is 6.17. The molecule has 7 nitrogen and oxygen atoms in total. The fraction of sp³-hybridized carbons (Fsp3) is 0.423. The van der Waals surface area contributed by atoms with Crippen molar-refractivity contribution in [3.05, 3.63) is 59.7 Å². The van der Waals surface area contributed by atoms with Crippen LogP contribution in [0.1, 0.15) is 51.2 Å². The number of amides is 2. The maximum absolute atomic E-state index is 12.6. The molecule has 0 aliphatic heterocycles. The van der Waals surface area contributed by atoms with E-state index in [-0.39, 0.29) is 31.4 Å². The van der Waals surface area contributed by atoms with Crippen molar-refractivity contribution in [2.45, 2.75) is 46.1 Å². The van der Waals surface area contributed by atoms with E-state index in [0.29, 0.717) is 6.54 Å². The summed E-state index contributed by atoms with van der Waals surface area (Å²) in [6.07, 6.45) is -0.425. The molecule has 2 N–H and O–H groups in total. The summed E-state index contributed by atoms with van der Waals surface area (Å²) in [7, 11) is 0. The van der Waals surface area contributed by atoms with Crippen molar-refractivity contribution in [2.24, 2.45) is 5.41 Å². The minimum Gasteiger partial charge on any atom is -0.480 e. The molecule has 0 bridgehead atoms. The van der Waals surface area contributed by atoms with Crippen molar-refractivity contribution >= 4 is 18.0 Å². The van der Waals surface area contributed by atoms with Crippen LogP contribution in [0.15, 0.2) is 48.5 Å². The van der Waals surface area contributed by atoms with Gasteiger partial charge in [0.25, 0.3) is 0 Å². The zero-order valence-corrected chi connectivity index (χ0v) is 19.6. The predicted molar refractivity (Wildman–Crippen MR) is 126 cm³/mol. The number of nitrogens with one attached hydrogen (secondary N) is 1. The lowest BCUT2D eigenvalue weighted by atomic mass is 9.88. The van der Waals surface area contributed by atoms with Gasteiger partial charge in [0.05, 0.1) is 0 Å². The van der Waals surface area contributed by atoms with E-state index in [1.807, 2.05) is 38.1 Å². The van der Waals surface area contributed by atoms with E-state index in [4.69, 9.17) is 4.74 Å². The van der Waals surface area contributed by atoms with Gasteiger partial charge in [0.1, 0.15) is 12.6 Å². The van der Waals surface area contributed by atoms with Crippen molar-refractivity contribution < 1.29 is 24.2 Å². The standard InChI is InChI=1S/C26H32N2O5/c1-5-28(17(2)24(30)31)23(29)14-26(3,4)16-27-25(32)33-15-22-20-12-8-6-10-18(20)19-11-7-9-13-21(19)22/h6-13,17,22H,5,14-16H2,1-4H3,(H,27,32)(H,30,31). The molecule has 33 heavy (non-hydrogen) atoms. The lowest BCUT2D eigenvalue weighted by Gasteiger charge is -2.30. The maximum Gasteiger partial charge on any atom is 0.407 e. The highest BCUT2D eigenvalue weighted by atomic mass is 16.5. The van der Waals surface area contributed by atoms with Gasteiger partial charge in [-0.1, -0.05) is 62.4 Å². The average molecular weight is 453 g/mol. The van der Waals surface area contributed by atoms with Crippen molar-refractivity contribution in [3.8, 4) is 11.1 Å². The van der Waals surface area contributed by atoms with Gasteiger partial charge in [-0.25, -0.2) is 9.59 Å². The summed E-state index contributed by atoms with van der Waals surface area (Å²) in [5.41, 5.74) is 4.05. The molecule has 1 unspecified atom stereocenters. The van der Waals surface area contributed by atoms with E-state index >= 15 is 0 Å². The van der Waals surface area contributed by atoms with Crippen LogP contribution >= 0.6 is 0 Å². The Kier molecular flexibility index (Phi) is 7.41. The molecular weight excluding hydrogens is 420 g/mol. The number of carbonyl (C=O) groups excluding carboxylic acids is 2. The summed E-state index contributed by atoms with van der Waals surface area (Å²) in [5, 5.41) is 12.0. The number of carboxylic acids is 1. The fourth-order valence-corrected chi connectivity index (χ4v) is 4.33. The van der Waals surface area contributed by atoms with E-state index in [1.54, 1.807) is 6.92 Å². The first-order chi connectivity index (χ1) is 15.6. The number of ether oxygens (including phenoxy) is 1. The highest BCUT2D eigenvalue weighted by molar-refractivity contribution is 5.84. The summed E-state index contributed by atoms with van der Waals surface area (Å²) in [6, 6.07) is 15.4. The molecule has 176 valence electrons. The first-order valence-electron chi connectivity index (χ1n) is 11.3. The number of hydrogen-bond acceptors (Lipinski definition) is 4. The van der Waals surface area contributed by atoms with Crippen LogP contribution in [-0.2, 0) is 14.3 Å². The smallest absolute Gasteiger partial charge is 0.407 e. The summed E-state index contributed by atoms with van der Waals surface area (Å²) >= 11 is 0. The molecule has 2 aromatic carbocycles. The molecule has 1 atom stereocenters. The van der Waals surface area contributed by atoms with Gasteiger partial charge >= 0.3 is 12.1 Å². The number of aliphatic carboxylic acids is 1. The maximum atomic E-state index is 12.6. The molecule has 7 heteroatoms. The molecule has 0 saturated heterocycles. The molecule has 0 fully saturated rings. The summed E-state index contributed by atoms with van der Waals surface area (Å²) in [4.78, 5) is 37.7. The van der Waals surface area contributed by atoms with Gasteiger partial charge in [-0.05, 0) is 41.5 Å². The molecule has 0 aromatic heterocycles. The highest BCUT2D eigenvalue weighted by Crippen LogP contribution is 2.44. The first-order valence-corrected chi connectivity index (χ1v) is 11.3. The summed E-state index contributed by atoms with van der Waals surface area (Å²) < 4.78 is 5.56. The lowest BCUT2D eigenvalue weighted by molar-refractivity contribution is -0.150. The Bertz CT molecular complexity index is 987. The first kappa shape index (κ1) is 24.3. The van der Waals surface area contributed by atoms with Crippen LogP contribution in [0.5, 0.6) is 0 Å². The van der Waals surface area contributed by atoms with E-state index in [9.17, 15) is 19.5 Å². The Morgan fingerprint density at radius 3 is 2.12 bits per heavy atom. The van der Waals surface area contributed by atoms with Crippen LogP contribution in [0.25, 0.3) is 11.1 Å². The number of nitrogens with zero attached hydrogens (tertiary/aromatic N) is 1. The van der Waals surface area contributed by atoms with Crippen LogP contribution in [0.4, 0.5) is 4.79 Å². The second kappa shape index (κ2) is 10.1. The number of carboxylic acid groups (broad SMARTS) is 1. The minimum atomic E-state index is -1.04. The third-order valence-electron chi connectivity index (χ3n) is 6.17. The van der Waals surface area contributed by atoms with Gasteiger partial charge < -0.3 is 20.1 Å². The SMILES string of the molecule is CCN(C(=O)CC(C)(C)CNC(=O)OCC1c2ccccc2-c2ccccc21)C(C)C(=O)O. The van der Waals surface area contributed by atoms with E-state index < -0.39 is 23.5 Å². The Morgan fingerprint density at radius 1 is 1.06 bits per heavy atom. The number of rotatable bonds is 9. The zero-order valence-electron chi connectivity index (χ0n) is 19.6. The summed E-state index contributed by atoms with van der Waals surface area (Å²) in [5.74, 6) is -1.32. The topological polar surface area (TPSA) is 95.9 Å². The quantitative estimate of drug-likeness (QED) is 0.593. The molecule has 2 aromatic rings. The van der Waals surface area contributed by atoms with Crippen LogP contribution < -0.4 is 5.32 Å². The fourth-order valence-electron chi connectivity index (χ4n) is 4.33. The number of carbonyl (C=O) groups is 3. The van der Waals surface area contributed by atoms with E-state index in [2.05, 4.69) is 29.6 Å². The molecule has 0 heterocycles. The molecule has 2 amide bonds. The molecule has 0 radical (unpaired) electrons. The van der Waals surface area contributed by atoms with Crippen LogP contribution in [0.2, 0.25) is 0 Å². The summed E-state index contributed by atoms with van der Waals surface area (Å²) in [6.45, 7) is 7.71. The second-order valence-corrected chi connectivity index (χ2v) is 9.21.